The molecule has 0 unspecified atom stereocenters. The maximum atomic E-state index is 12.4. The molecule has 1 heterocycles. The first kappa shape index (κ1) is 15.7. The third-order valence-corrected chi connectivity index (χ3v) is 6.38. The summed E-state index contributed by atoms with van der Waals surface area (Å²) in [6.45, 7) is 0.403. The first-order valence-corrected chi connectivity index (χ1v) is 9.68. The number of nitrogens with one attached hydrogen (secondary N) is 2. The Morgan fingerprint density at radius 1 is 1.12 bits per heavy atom. The van der Waals surface area contributed by atoms with Crippen LogP contribution in [0.3, 0.4) is 0 Å². The summed E-state index contributed by atoms with van der Waals surface area (Å²) in [5.41, 5.74) is 2.01. The quantitative estimate of drug-likeness (QED) is 0.726. The van der Waals surface area contributed by atoms with Crippen molar-refractivity contribution in [3.8, 4) is 0 Å². The van der Waals surface area contributed by atoms with Gasteiger partial charge in [0.2, 0.25) is 10.0 Å². The number of hydrogen-bond donors (Lipinski definition) is 2. The molecule has 124 valence electrons. The van der Waals surface area contributed by atoms with Crippen molar-refractivity contribution in [3.05, 3.63) is 65.3 Å². The third kappa shape index (κ3) is 2.73. The van der Waals surface area contributed by atoms with Crippen molar-refractivity contribution in [1.82, 2.24) is 9.71 Å². The molecule has 2 N–H and O–H groups in total. The molecule has 0 spiro atoms. The SMILES string of the molecule is O=S(=O)(NCC1(c2c[nH]c3cc(Cl)ccc23)CC1)c1ccccc1. The summed E-state index contributed by atoms with van der Waals surface area (Å²) in [5, 5.41) is 1.79. The van der Waals surface area contributed by atoms with Gasteiger partial charge in [-0.3, -0.25) is 0 Å². The molecular weight excluding hydrogens is 344 g/mol. The molecule has 0 radical (unpaired) electrons. The molecule has 1 aromatic heterocycles. The fraction of sp³-hybridized carbons (Fsp3) is 0.222. The number of fused-ring (bicyclic) bond motifs is 1. The second-order valence-corrected chi connectivity index (χ2v) is 8.51. The van der Waals surface area contributed by atoms with Crippen molar-refractivity contribution < 1.29 is 8.42 Å². The molecule has 0 amide bonds. The fourth-order valence-corrected chi connectivity index (χ4v) is 4.47. The Bertz CT molecular complexity index is 992. The first-order valence-electron chi connectivity index (χ1n) is 7.82. The van der Waals surface area contributed by atoms with Gasteiger partial charge in [-0.15, -0.1) is 0 Å². The van der Waals surface area contributed by atoms with Gasteiger partial charge in [-0.1, -0.05) is 35.9 Å². The molecule has 6 heteroatoms. The Hall–Kier alpha value is -1.82. The molecule has 0 saturated heterocycles. The van der Waals surface area contributed by atoms with Gasteiger partial charge in [-0.05, 0) is 42.7 Å². The van der Waals surface area contributed by atoms with E-state index in [1.165, 1.54) is 0 Å². The topological polar surface area (TPSA) is 62.0 Å². The Morgan fingerprint density at radius 2 is 1.88 bits per heavy atom. The summed E-state index contributed by atoms with van der Waals surface area (Å²) in [4.78, 5) is 3.54. The van der Waals surface area contributed by atoms with E-state index < -0.39 is 10.0 Å². The van der Waals surface area contributed by atoms with E-state index in [1.54, 1.807) is 30.3 Å². The third-order valence-electron chi connectivity index (χ3n) is 4.72. The molecule has 0 aliphatic heterocycles. The van der Waals surface area contributed by atoms with Crippen LogP contribution in [0.2, 0.25) is 5.02 Å². The van der Waals surface area contributed by atoms with Gasteiger partial charge in [0.15, 0.2) is 0 Å². The van der Waals surface area contributed by atoms with Crippen molar-refractivity contribution in [2.45, 2.75) is 23.2 Å². The fourth-order valence-electron chi connectivity index (χ4n) is 3.15. The van der Waals surface area contributed by atoms with E-state index in [4.69, 9.17) is 11.6 Å². The van der Waals surface area contributed by atoms with Crippen LogP contribution in [0.25, 0.3) is 10.9 Å². The highest BCUT2D eigenvalue weighted by molar-refractivity contribution is 7.89. The highest BCUT2D eigenvalue weighted by atomic mass is 35.5. The van der Waals surface area contributed by atoms with Crippen molar-refractivity contribution in [2.24, 2.45) is 0 Å². The lowest BCUT2D eigenvalue weighted by Gasteiger charge is -2.16. The number of H-pyrrole nitrogens is 1. The van der Waals surface area contributed by atoms with Gasteiger partial charge in [0, 0.05) is 34.1 Å². The molecule has 4 rings (SSSR count). The molecule has 0 bridgehead atoms. The van der Waals surface area contributed by atoms with E-state index in [1.807, 2.05) is 24.4 Å². The van der Waals surface area contributed by atoms with Crippen molar-refractivity contribution >= 4 is 32.5 Å². The Balaban J connectivity index is 1.60. The lowest BCUT2D eigenvalue weighted by atomic mass is 9.96. The molecule has 2 aromatic carbocycles. The number of aromatic nitrogens is 1. The van der Waals surface area contributed by atoms with Crippen molar-refractivity contribution in [3.63, 3.8) is 0 Å². The molecule has 1 aliphatic rings. The highest BCUT2D eigenvalue weighted by Crippen LogP contribution is 2.50. The van der Waals surface area contributed by atoms with Crippen LogP contribution in [0.4, 0.5) is 0 Å². The van der Waals surface area contributed by atoms with E-state index in [-0.39, 0.29) is 5.41 Å². The van der Waals surface area contributed by atoms with Gasteiger partial charge >= 0.3 is 0 Å². The van der Waals surface area contributed by atoms with Gasteiger partial charge in [0.05, 0.1) is 4.90 Å². The summed E-state index contributed by atoms with van der Waals surface area (Å²) in [7, 11) is -3.49. The maximum Gasteiger partial charge on any atom is 0.240 e. The van der Waals surface area contributed by atoms with Crippen LogP contribution < -0.4 is 4.72 Å². The standard InChI is InChI=1S/C18H17ClN2O2S/c19-13-6-7-15-16(11-20-17(15)10-13)18(8-9-18)12-21-24(22,23)14-4-2-1-3-5-14/h1-7,10-11,20-21H,8-9,12H2. The summed E-state index contributed by atoms with van der Waals surface area (Å²) < 4.78 is 27.7. The van der Waals surface area contributed by atoms with Crippen LogP contribution in [0.5, 0.6) is 0 Å². The lowest BCUT2D eigenvalue weighted by molar-refractivity contribution is 0.568. The van der Waals surface area contributed by atoms with Gasteiger partial charge in [-0.2, -0.15) is 0 Å². The number of hydrogen-bond acceptors (Lipinski definition) is 2. The van der Waals surface area contributed by atoms with E-state index in [9.17, 15) is 8.42 Å². The molecule has 3 aromatic rings. The van der Waals surface area contributed by atoms with E-state index >= 15 is 0 Å². The molecule has 24 heavy (non-hydrogen) atoms. The smallest absolute Gasteiger partial charge is 0.240 e. The van der Waals surface area contributed by atoms with Crippen LogP contribution in [0.1, 0.15) is 18.4 Å². The van der Waals surface area contributed by atoms with Crippen LogP contribution in [-0.4, -0.2) is 19.9 Å². The normalized spacial score (nSPS) is 16.4. The summed E-state index contributed by atoms with van der Waals surface area (Å²) in [5.74, 6) is 0. The Kier molecular flexibility index (Phi) is 3.67. The lowest BCUT2D eigenvalue weighted by Crippen LogP contribution is -2.32. The van der Waals surface area contributed by atoms with Crippen molar-refractivity contribution in [1.29, 1.82) is 0 Å². The number of aromatic amines is 1. The zero-order valence-corrected chi connectivity index (χ0v) is 14.5. The average Bonchev–Trinajstić information content (AvgIpc) is 3.26. The number of halogens is 1. The van der Waals surface area contributed by atoms with Crippen LogP contribution >= 0.6 is 11.6 Å². The predicted molar refractivity (Wildman–Crippen MR) is 95.9 cm³/mol. The molecule has 1 fully saturated rings. The van der Waals surface area contributed by atoms with Gasteiger partial charge < -0.3 is 4.98 Å². The van der Waals surface area contributed by atoms with Crippen LogP contribution in [0.15, 0.2) is 59.6 Å². The number of sulfonamides is 1. The second kappa shape index (κ2) is 5.62. The first-order chi connectivity index (χ1) is 11.5. The molecular formula is C18H17ClN2O2S. The van der Waals surface area contributed by atoms with E-state index in [0.717, 1.165) is 29.3 Å². The van der Waals surface area contributed by atoms with Gasteiger partial charge in [0.25, 0.3) is 0 Å². The van der Waals surface area contributed by atoms with Crippen LogP contribution in [0, 0.1) is 0 Å². The average molecular weight is 361 g/mol. The van der Waals surface area contributed by atoms with E-state index in [0.29, 0.717) is 16.5 Å². The monoisotopic (exact) mass is 360 g/mol. The molecule has 1 saturated carbocycles. The predicted octanol–water partition coefficient (Wildman–Crippen LogP) is 3.83. The largest absolute Gasteiger partial charge is 0.361 e. The summed E-state index contributed by atoms with van der Waals surface area (Å²) >= 11 is 6.03. The van der Waals surface area contributed by atoms with Crippen LogP contribution in [-0.2, 0) is 15.4 Å². The molecule has 0 atom stereocenters. The Morgan fingerprint density at radius 3 is 2.58 bits per heavy atom. The van der Waals surface area contributed by atoms with Crippen molar-refractivity contribution in [2.75, 3.05) is 6.54 Å². The molecule has 1 aliphatic carbocycles. The minimum atomic E-state index is -3.49. The second-order valence-electron chi connectivity index (χ2n) is 6.31. The highest BCUT2D eigenvalue weighted by Gasteiger charge is 2.46. The summed E-state index contributed by atoms with van der Waals surface area (Å²) in [6, 6.07) is 14.2. The number of rotatable bonds is 5. The minimum absolute atomic E-state index is 0.131. The van der Waals surface area contributed by atoms with Gasteiger partial charge in [0.1, 0.15) is 0 Å². The zero-order chi connectivity index (χ0) is 16.8. The minimum Gasteiger partial charge on any atom is -0.361 e. The van der Waals surface area contributed by atoms with E-state index in [2.05, 4.69) is 9.71 Å². The molecule has 4 nitrogen and oxygen atoms in total. The zero-order valence-electron chi connectivity index (χ0n) is 12.9. The number of benzene rings is 2. The maximum absolute atomic E-state index is 12.4. The van der Waals surface area contributed by atoms with Gasteiger partial charge in [-0.25, -0.2) is 13.1 Å². The summed E-state index contributed by atoms with van der Waals surface area (Å²) in [6.07, 6.45) is 3.92. The Labute approximate surface area is 145 Å².